The summed E-state index contributed by atoms with van der Waals surface area (Å²) in [4.78, 5) is 11.6. The molecule has 0 aliphatic heterocycles. The lowest BCUT2D eigenvalue weighted by molar-refractivity contribution is 0.184. The van der Waals surface area contributed by atoms with Crippen LogP contribution in [-0.2, 0) is 11.3 Å². The van der Waals surface area contributed by atoms with Crippen LogP contribution in [0.2, 0.25) is 5.28 Å². The maximum Gasteiger partial charge on any atom is 0.260 e. The van der Waals surface area contributed by atoms with Crippen molar-refractivity contribution < 1.29 is 18.6 Å². The van der Waals surface area contributed by atoms with E-state index in [1.54, 1.807) is 38.3 Å². The monoisotopic (exact) mass is 456 g/mol. The van der Waals surface area contributed by atoms with Gasteiger partial charge >= 0.3 is 0 Å². The van der Waals surface area contributed by atoms with Crippen molar-refractivity contribution in [3.05, 3.63) is 63.9 Å². The van der Waals surface area contributed by atoms with Gasteiger partial charge in [0.25, 0.3) is 5.88 Å². The van der Waals surface area contributed by atoms with Gasteiger partial charge in [-0.15, -0.1) is 0 Å². The molecule has 0 radical (unpaired) electrons. The number of halogens is 2. The van der Waals surface area contributed by atoms with Crippen molar-refractivity contribution in [3.63, 3.8) is 0 Å². The Morgan fingerprint density at radius 2 is 2.06 bits per heavy atom. The summed E-state index contributed by atoms with van der Waals surface area (Å²) in [6, 6.07) is 8.81. The highest BCUT2D eigenvalue weighted by molar-refractivity contribution is 6.28. The zero-order chi connectivity index (χ0) is 23.1. The third kappa shape index (κ3) is 5.46. The molecule has 0 aliphatic carbocycles. The van der Waals surface area contributed by atoms with Crippen LogP contribution in [-0.4, -0.2) is 35.4 Å². The summed E-state index contributed by atoms with van der Waals surface area (Å²) >= 11 is 5.72. The molecule has 2 heterocycles. The third-order valence-corrected chi connectivity index (χ3v) is 4.28. The number of hydrogen-bond donors (Lipinski definition) is 1. The number of ether oxygens (including phenoxy) is 3. The molecule has 0 amide bonds. The van der Waals surface area contributed by atoms with Crippen molar-refractivity contribution in [2.24, 2.45) is 5.10 Å². The highest BCUT2D eigenvalue weighted by Gasteiger charge is 2.13. The topological polar surface area (TPSA) is 115 Å². The van der Waals surface area contributed by atoms with Crippen molar-refractivity contribution in [2.45, 2.75) is 13.5 Å². The summed E-state index contributed by atoms with van der Waals surface area (Å²) in [7, 11) is 3.00. The Balaban J connectivity index is 1.85. The lowest BCUT2D eigenvalue weighted by Crippen LogP contribution is -2.03. The minimum absolute atomic E-state index is 0.158. The normalized spacial score (nSPS) is 10.8. The lowest BCUT2D eigenvalue weighted by Gasteiger charge is -2.11. The number of rotatable bonds is 8. The first-order valence-corrected chi connectivity index (χ1v) is 9.55. The molecule has 3 aromatic rings. The van der Waals surface area contributed by atoms with Crippen molar-refractivity contribution in [1.29, 1.82) is 5.26 Å². The van der Waals surface area contributed by atoms with Crippen LogP contribution >= 0.6 is 11.6 Å². The molecule has 11 heteroatoms. The van der Waals surface area contributed by atoms with E-state index in [0.29, 0.717) is 34.0 Å². The van der Waals surface area contributed by atoms with Gasteiger partial charge in [0.1, 0.15) is 11.6 Å². The second kappa shape index (κ2) is 10.5. The molecule has 0 atom stereocenters. The zero-order valence-electron chi connectivity index (χ0n) is 17.4. The molecule has 32 heavy (non-hydrogen) atoms. The van der Waals surface area contributed by atoms with Gasteiger partial charge in [-0.05, 0) is 48.4 Å². The number of nitrogens with zero attached hydrogens (tertiary/aromatic N) is 5. The second-order valence-corrected chi connectivity index (χ2v) is 6.70. The van der Waals surface area contributed by atoms with E-state index in [1.807, 2.05) is 0 Å². The highest BCUT2D eigenvalue weighted by atomic mass is 35.5. The van der Waals surface area contributed by atoms with Crippen molar-refractivity contribution in [1.82, 2.24) is 15.0 Å². The largest absolute Gasteiger partial charge is 0.493 e. The van der Waals surface area contributed by atoms with Crippen molar-refractivity contribution >= 4 is 23.6 Å². The minimum Gasteiger partial charge on any atom is -0.493 e. The van der Waals surface area contributed by atoms with Crippen LogP contribution < -0.4 is 14.9 Å². The molecule has 1 aromatic carbocycles. The molecule has 164 valence electrons. The van der Waals surface area contributed by atoms with Gasteiger partial charge in [0, 0.05) is 18.4 Å². The van der Waals surface area contributed by atoms with E-state index >= 15 is 0 Å². The van der Waals surface area contributed by atoms with Crippen LogP contribution in [0.1, 0.15) is 22.4 Å². The highest BCUT2D eigenvalue weighted by Crippen LogP contribution is 2.32. The maximum absolute atomic E-state index is 13.9. The fourth-order valence-electron chi connectivity index (χ4n) is 2.74. The molecule has 0 aliphatic rings. The molecule has 0 unspecified atom stereocenters. The SMILES string of the molecule is COCc1cc(C)nc(N/N=C/c2ccc(OC)c(Oc3nc(Cl)ncc3F)c2)c1C#N. The smallest absolute Gasteiger partial charge is 0.260 e. The molecule has 3 rings (SSSR count). The molecular formula is C21H18ClFN6O3. The molecule has 0 bridgehead atoms. The molecule has 0 fully saturated rings. The molecule has 2 aromatic heterocycles. The van der Waals surface area contributed by atoms with Crippen LogP contribution in [0.15, 0.2) is 35.6 Å². The summed E-state index contributed by atoms with van der Waals surface area (Å²) in [5.74, 6) is -0.277. The van der Waals surface area contributed by atoms with Crippen LogP contribution in [0.4, 0.5) is 10.2 Å². The number of hydrogen-bond acceptors (Lipinski definition) is 9. The first-order valence-electron chi connectivity index (χ1n) is 9.17. The standard InChI is InChI=1S/C21H18ClFN6O3/c1-12-6-14(11-30-2)15(8-24)19(27-12)29-26-9-13-4-5-17(31-3)18(7-13)32-20-16(23)10-25-21(22)28-20/h4-7,9-10H,11H2,1-3H3,(H,27,29)/b26-9+. The third-order valence-electron chi connectivity index (χ3n) is 4.10. The number of nitrogens with one attached hydrogen (secondary N) is 1. The Morgan fingerprint density at radius 3 is 2.78 bits per heavy atom. The van der Waals surface area contributed by atoms with E-state index < -0.39 is 5.82 Å². The summed E-state index contributed by atoms with van der Waals surface area (Å²) in [6.07, 6.45) is 2.39. The van der Waals surface area contributed by atoms with Gasteiger partial charge in [0.05, 0.1) is 26.1 Å². The van der Waals surface area contributed by atoms with Crippen LogP contribution in [0.25, 0.3) is 0 Å². The predicted molar refractivity (Wildman–Crippen MR) is 116 cm³/mol. The van der Waals surface area contributed by atoms with E-state index in [9.17, 15) is 9.65 Å². The minimum atomic E-state index is -0.779. The summed E-state index contributed by atoms with van der Waals surface area (Å²) in [5.41, 5.74) is 5.12. The Hall–Kier alpha value is -3.81. The maximum atomic E-state index is 13.9. The average Bonchev–Trinajstić information content (AvgIpc) is 2.76. The van der Waals surface area contributed by atoms with Crippen LogP contribution in [0, 0.1) is 24.1 Å². The molecule has 1 N–H and O–H groups in total. The van der Waals surface area contributed by atoms with Crippen molar-refractivity contribution in [2.75, 3.05) is 19.6 Å². The van der Waals surface area contributed by atoms with E-state index in [4.69, 9.17) is 25.8 Å². The number of aromatic nitrogens is 3. The average molecular weight is 457 g/mol. The first-order chi connectivity index (χ1) is 15.4. The van der Waals surface area contributed by atoms with E-state index in [1.165, 1.54) is 13.3 Å². The number of benzene rings is 1. The number of nitriles is 1. The van der Waals surface area contributed by atoms with Crippen molar-refractivity contribution in [3.8, 4) is 23.4 Å². The summed E-state index contributed by atoms with van der Waals surface area (Å²) < 4.78 is 29.9. The van der Waals surface area contributed by atoms with Gasteiger partial charge in [-0.25, -0.2) is 9.97 Å². The van der Waals surface area contributed by atoms with Gasteiger partial charge in [-0.1, -0.05) is 0 Å². The lowest BCUT2D eigenvalue weighted by atomic mass is 10.1. The number of aryl methyl sites for hydroxylation is 1. The molecule has 0 saturated heterocycles. The quantitative estimate of drug-likeness (QED) is 0.304. The van der Waals surface area contributed by atoms with Crippen LogP contribution in [0.5, 0.6) is 17.4 Å². The Kier molecular flexibility index (Phi) is 7.49. The van der Waals surface area contributed by atoms with Gasteiger partial charge in [0.15, 0.2) is 17.3 Å². The molecular weight excluding hydrogens is 439 g/mol. The summed E-state index contributed by atoms with van der Waals surface area (Å²) in [5, 5.41) is 13.5. The fraction of sp³-hybridized carbons (Fsp3) is 0.190. The molecule has 0 saturated carbocycles. The second-order valence-electron chi connectivity index (χ2n) is 6.37. The summed E-state index contributed by atoms with van der Waals surface area (Å²) in [6.45, 7) is 2.08. The number of pyridine rings is 1. The number of methoxy groups -OCH3 is 2. The first kappa shape index (κ1) is 22.9. The van der Waals surface area contributed by atoms with E-state index in [-0.39, 0.29) is 23.5 Å². The van der Waals surface area contributed by atoms with Gasteiger partial charge in [0.2, 0.25) is 11.1 Å². The van der Waals surface area contributed by atoms with Gasteiger partial charge in [-0.2, -0.15) is 19.7 Å². The Labute approximate surface area is 188 Å². The Morgan fingerprint density at radius 1 is 1.25 bits per heavy atom. The zero-order valence-corrected chi connectivity index (χ0v) is 18.1. The predicted octanol–water partition coefficient (Wildman–Crippen LogP) is 4.24. The van der Waals surface area contributed by atoms with Gasteiger partial charge < -0.3 is 14.2 Å². The number of hydrazone groups is 1. The fourth-order valence-corrected chi connectivity index (χ4v) is 2.87. The molecule has 9 nitrogen and oxygen atoms in total. The Bertz CT molecular complexity index is 1200. The van der Waals surface area contributed by atoms with Gasteiger partial charge in [-0.3, -0.25) is 5.43 Å². The van der Waals surface area contributed by atoms with E-state index in [0.717, 1.165) is 6.20 Å². The van der Waals surface area contributed by atoms with E-state index in [2.05, 4.69) is 31.5 Å². The number of anilines is 1. The molecule has 0 spiro atoms. The van der Waals surface area contributed by atoms with Crippen LogP contribution in [0.3, 0.4) is 0 Å².